The Morgan fingerprint density at radius 1 is 1.00 bits per heavy atom. The minimum absolute atomic E-state index is 0.245. The third kappa shape index (κ3) is 22.5. The highest BCUT2D eigenvalue weighted by Crippen LogP contribution is 1.79. The van der Waals surface area contributed by atoms with Crippen LogP contribution in [0.15, 0.2) is 36.4 Å². The van der Waals surface area contributed by atoms with Crippen LogP contribution in [0, 0.1) is 0 Å². The van der Waals surface area contributed by atoms with Gasteiger partial charge in [-0.05, 0) is 12.5 Å². The van der Waals surface area contributed by atoms with Crippen molar-refractivity contribution in [3.8, 4) is 0 Å². The molecule has 1 aromatic carbocycles. The fourth-order valence-electron chi connectivity index (χ4n) is 0.385. The SMILES string of the molecule is COC(C)=O.CSC.c1ccccc1. The summed E-state index contributed by atoms with van der Waals surface area (Å²) in [4.78, 5) is 9.59. The van der Waals surface area contributed by atoms with Gasteiger partial charge in [0.1, 0.15) is 0 Å². The summed E-state index contributed by atoms with van der Waals surface area (Å²) >= 11 is 1.75. The van der Waals surface area contributed by atoms with Gasteiger partial charge >= 0.3 is 5.97 Å². The van der Waals surface area contributed by atoms with Gasteiger partial charge in [0.05, 0.1) is 7.11 Å². The number of hydrogen-bond acceptors (Lipinski definition) is 3. The van der Waals surface area contributed by atoms with Crippen LogP contribution in [0.4, 0.5) is 0 Å². The average Bonchev–Trinajstić information content (AvgIpc) is 2.22. The number of methoxy groups -OCH3 is 1. The van der Waals surface area contributed by atoms with Crippen molar-refractivity contribution in [3.63, 3.8) is 0 Å². The molecule has 0 fully saturated rings. The minimum atomic E-state index is -0.245. The van der Waals surface area contributed by atoms with Gasteiger partial charge in [-0.15, -0.1) is 0 Å². The number of thioether (sulfide) groups is 1. The van der Waals surface area contributed by atoms with E-state index < -0.39 is 0 Å². The second-order valence-electron chi connectivity index (χ2n) is 2.26. The Hall–Kier alpha value is -0.960. The molecule has 1 aromatic rings. The summed E-state index contributed by atoms with van der Waals surface area (Å²) in [7, 11) is 1.35. The van der Waals surface area contributed by atoms with E-state index in [2.05, 4.69) is 4.74 Å². The number of hydrogen-bond donors (Lipinski definition) is 0. The zero-order valence-electron chi connectivity index (χ0n) is 9.19. The largest absolute Gasteiger partial charge is 0.469 e. The van der Waals surface area contributed by atoms with E-state index >= 15 is 0 Å². The normalized spacial score (nSPS) is 7.14. The van der Waals surface area contributed by atoms with E-state index in [-0.39, 0.29) is 5.97 Å². The van der Waals surface area contributed by atoms with Crippen molar-refractivity contribution in [2.45, 2.75) is 6.92 Å². The predicted molar refractivity (Wildman–Crippen MR) is 63.6 cm³/mol. The molecule has 0 aliphatic rings. The lowest BCUT2D eigenvalue weighted by molar-refractivity contribution is -0.137. The summed E-state index contributed by atoms with van der Waals surface area (Å²) in [6.45, 7) is 1.36. The van der Waals surface area contributed by atoms with Gasteiger partial charge in [-0.25, -0.2) is 0 Å². The molecule has 0 atom stereocenters. The van der Waals surface area contributed by atoms with Gasteiger partial charge < -0.3 is 4.74 Å². The van der Waals surface area contributed by atoms with Crippen molar-refractivity contribution in [1.82, 2.24) is 0 Å². The molecular weight excluding hydrogens is 196 g/mol. The number of rotatable bonds is 0. The molecule has 0 saturated heterocycles. The molecule has 0 spiro atoms. The first-order valence-corrected chi connectivity index (χ1v) is 5.77. The third-order valence-electron chi connectivity index (χ3n) is 0.954. The molecule has 0 amide bonds. The Labute approximate surface area is 90.7 Å². The van der Waals surface area contributed by atoms with E-state index in [0.29, 0.717) is 0 Å². The molecule has 80 valence electrons. The number of benzene rings is 1. The lowest BCUT2D eigenvalue weighted by atomic mass is 10.4. The molecule has 0 saturated carbocycles. The predicted octanol–water partition coefficient (Wildman–Crippen LogP) is 2.85. The fraction of sp³-hybridized carbons (Fsp3) is 0.364. The van der Waals surface area contributed by atoms with Crippen LogP contribution in [-0.4, -0.2) is 25.6 Å². The van der Waals surface area contributed by atoms with Crippen LogP contribution in [-0.2, 0) is 9.53 Å². The standard InChI is InChI=1S/C6H6.C3H6O2.C2H6S/c1-2-4-6-5-3-1;1-3(4)5-2;1-3-2/h1-6H;1-2H3;1-2H3. The number of carbonyl (C=O) groups is 1. The highest BCUT2D eigenvalue weighted by atomic mass is 32.2. The number of ether oxygens (including phenoxy) is 1. The van der Waals surface area contributed by atoms with Crippen LogP contribution in [0.5, 0.6) is 0 Å². The quantitative estimate of drug-likeness (QED) is 0.621. The van der Waals surface area contributed by atoms with Crippen molar-refractivity contribution < 1.29 is 9.53 Å². The topological polar surface area (TPSA) is 26.3 Å². The lowest BCUT2D eigenvalue weighted by Crippen LogP contribution is -1.88. The molecule has 0 heterocycles. The Balaban J connectivity index is 0. The number of carbonyl (C=O) groups excluding carboxylic acids is 1. The summed E-state index contributed by atoms with van der Waals surface area (Å²) in [5, 5.41) is 0. The molecule has 0 aliphatic carbocycles. The minimum Gasteiger partial charge on any atom is -0.469 e. The smallest absolute Gasteiger partial charge is 0.302 e. The molecule has 0 unspecified atom stereocenters. The van der Waals surface area contributed by atoms with Gasteiger partial charge in [-0.1, -0.05) is 36.4 Å². The molecule has 0 bridgehead atoms. The van der Waals surface area contributed by atoms with E-state index in [9.17, 15) is 4.79 Å². The second-order valence-corrected chi connectivity index (χ2v) is 3.08. The van der Waals surface area contributed by atoms with Crippen molar-refractivity contribution >= 4 is 17.7 Å². The van der Waals surface area contributed by atoms with E-state index in [0.717, 1.165) is 0 Å². The Morgan fingerprint density at radius 2 is 1.14 bits per heavy atom. The zero-order chi connectivity index (χ0) is 11.2. The Bertz CT molecular complexity index is 173. The van der Waals surface area contributed by atoms with Crippen LogP contribution in [0.1, 0.15) is 6.92 Å². The van der Waals surface area contributed by atoms with Crippen LogP contribution in [0.25, 0.3) is 0 Å². The van der Waals surface area contributed by atoms with Gasteiger partial charge in [0, 0.05) is 6.92 Å². The monoisotopic (exact) mass is 214 g/mol. The summed E-state index contributed by atoms with van der Waals surface area (Å²) in [6.07, 6.45) is 4.08. The summed E-state index contributed by atoms with van der Waals surface area (Å²) < 4.78 is 4.11. The highest BCUT2D eigenvalue weighted by Gasteiger charge is 1.75. The molecule has 0 radical (unpaired) electrons. The van der Waals surface area contributed by atoms with E-state index in [1.165, 1.54) is 14.0 Å². The lowest BCUT2D eigenvalue weighted by Gasteiger charge is -1.80. The van der Waals surface area contributed by atoms with Gasteiger partial charge in [0.15, 0.2) is 0 Å². The van der Waals surface area contributed by atoms with Gasteiger partial charge in [-0.2, -0.15) is 11.8 Å². The third-order valence-corrected chi connectivity index (χ3v) is 0.954. The van der Waals surface area contributed by atoms with Crippen molar-refractivity contribution in [1.29, 1.82) is 0 Å². The van der Waals surface area contributed by atoms with Crippen molar-refractivity contribution in [3.05, 3.63) is 36.4 Å². The maximum absolute atomic E-state index is 9.59. The summed E-state index contributed by atoms with van der Waals surface area (Å²) in [6, 6.07) is 12.0. The van der Waals surface area contributed by atoms with Crippen molar-refractivity contribution in [2.24, 2.45) is 0 Å². The first kappa shape index (κ1) is 15.5. The maximum atomic E-state index is 9.59. The second kappa shape index (κ2) is 14.6. The molecule has 2 nitrogen and oxygen atoms in total. The zero-order valence-corrected chi connectivity index (χ0v) is 10.0. The van der Waals surface area contributed by atoms with Crippen LogP contribution < -0.4 is 0 Å². The highest BCUT2D eigenvalue weighted by molar-refractivity contribution is 7.97. The van der Waals surface area contributed by atoms with Gasteiger partial charge in [-0.3, -0.25) is 4.79 Å². The fourth-order valence-corrected chi connectivity index (χ4v) is 0.385. The Kier molecular flexibility index (Phi) is 16.1. The molecule has 0 aromatic heterocycles. The molecule has 14 heavy (non-hydrogen) atoms. The molecule has 0 aliphatic heterocycles. The van der Waals surface area contributed by atoms with Crippen LogP contribution >= 0.6 is 11.8 Å². The van der Waals surface area contributed by atoms with E-state index in [1.807, 2.05) is 48.9 Å². The van der Waals surface area contributed by atoms with Crippen LogP contribution in [0.3, 0.4) is 0 Å². The number of esters is 1. The molecule has 3 heteroatoms. The van der Waals surface area contributed by atoms with E-state index in [1.54, 1.807) is 11.8 Å². The first-order valence-electron chi connectivity index (χ1n) is 4.13. The molecule has 1 rings (SSSR count). The maximum Gasteiger partial charge on any atom is 0.302 e. The molecule has 0 N–H and O–H groups in total. The first-order chi connectivity index (χ1) is 6.68. The van der Waals surface area contributed by atoms with Gasteiger partial charge in [0.25, 0.3) is 0 Å². The van der Waals surface area contributed by atoms with Crippen LogP contribution in [0.2, 0.25) is 0 Å². The van der Waals surface area contributed by atoms with Crippen molar-refractivity contribution in [2.75, 3.05) is 19.6 Å². The molecular formula is C11H18O2S. The van der Waals surface area contributed by atoms with E-state index in [4.69, 9.17) is 0 Å². The van der Waals surface area contributed by atoms with Gasteiger partial charge in [0.2, 0.25) is 0 Å². The average molecular weight is 214 g/mol. The Morgan fingerprint density at radius 3 is 1.21 bits per heavy atom. The summed E-state index contributed by atoms with van der Waals surface area (Å²) in [5.74, 6) is -0.245. The summed E-state index contributed by atoms with van der Waals surface area (Å²) in [5.41, 5.74) is 0.